The van der Waals surface area contributed by atoms with E-state index in [2.05, 4.69) is 42.4 Å². The molecule has 1 atom stereocenters. The lowest BCUT2D eigenvalue weighted by Gasteiger charge is -2.38. The van der Waals surface area contributed by atoms with Gasteiger partial charge in [-0.05, 0) is 64.9 Å². The van der Waals surface area contributed by atoms with Gasteiger partial charge in [-0.15, -0.1) is 5.10 Å². The maximum Gasteiger partial charge on any atom is 0.253 e. The lowest BCUT2D eigenvalue weighted by molar-refractivity contribution is 0.0998. The van der Waals surface area contributed by atoms with Crippen LogP contribution in [0.25, 0.3) is 10.9 Å². The number of fused-ring (bicyclic) bond motifs is 2. The molecule has 0 saturated carbocycles. The summed E-state index contributed by atoms with van der Waals surface area (Å²) in [6.45, 7) is 7.22. The number of aromatic nitrogens is 5. The van der Waals surface area contributed by atoms with Gasteiger partial charge in [-0.1, -0.05) is 36.4 Å². The summed E-state index contributed by atoms with van der Waals surface area (Å²) in [6.07, 6.45) is 0. The Balaban J connectivity index is 1.20. The number of ether oxygens (including phenoxy) is 3. The Morgan fingerprint density at radius 3 is 2.58 bits per heavy atom. The van der Waals surface area contributed by atoms with Crippen LogP contribution >= 0.6 is 0 Å². The van der Waals surface area contributed by atoms with Crippen LogP contribution in [0.1, 0.15) is 35.5 Å². The molecular weight excluding hydrogens is 546 g/mol. The van der Waals surface area contributed by atoms with E-state index in [1.807, 2.05) is 67.6 Å². The predicted molar refractivity (Wildman–Crippen MR) is 160 cm³/mol. The minimum atomic E-state index is -0.435. The van der Waals surface area contributed by atoms with Gasteiger partial charge in [-0.25, -0.2) is 4.68 Å². The number of rotatable bonds is 9. The van der Waals surface area contributed by atoms with Crippen molar-refractivity contribution in [2.75, 3.05) is 39.6 Å². The highest BCUT2D eigenvalue weighted by Crippen LogP contribution is 2.33. The lowest BCUT2D eigenvalue weighted by Crippen LogP contribution is -2.48. The van der Waals surface area contributed by atoms with Crippen LogP contribution in [-0.4, -0.2) is 74.6 Å². The van der Waals surface area contributed by atoms with Crippen LogP contribution in [-0.2, 0) is 13.1 Å². The molecule has 1 fully saturated rings. The molecule has 3 aromatic carbocycles. The molecule has 220 valence electrons. The molecule has 7 rings (SSSR count). The van der Waals surface area contributed by atoms with Crippen molar-refractivity contribution in [3.8, 4) is 17.2 Å². The van der Waals surface area contributed by atoms with Gasteiger partial charge in [0, 0.05) is 49.2 Å². The fraction of sp³-hybridized carbons (Fsp3) is 0.312. The molecule has 11 heteroatoms. The molecule has 0 unspecified atom stereocenters. The fourth-order valence-electron chi connectivity index (χ4n) is 5.91. The smallest absolute Gasteiger partial charge is 0.253 e. The molecule has 0 bridgehead atoms. The Hall–Kier alpha value is -4.74. The number of H-pyrrole nitrogens is 1. The lowest BCUT2D eigenvalue weighted by atomic mass is 10.0. The number of nitrogens with zero attached hydrogens (tertiary/aromatic N) is 6. The predicted octanol–water partition coefficient (Wildman–Crippen LogP) is 3.60. The van der Waals surface area contributed by atoms with Crippen LogP contribution in [0.5, 0.6) is 17.2 Å². The molecular formula is C32H33N7O4. The second kappa shape index (κ2) is 11.9. The standard InChI is InChI=1S/C32H33N7O4/c1-2-41-25-9-10-27-24(17-25)18-26(32(40)33-27)30(31-34-35-36-39(31)20-22-6-4-3-5-7-22)38-14-12-37(13-15-38)19-23-8-11-28-29(16-23)43-21-42-28/h3-11,16-18,30H,2,12-15,19-21H2,1H3,(H,33,40)/t30-/m0/s1. The summed E-state index contributed by atoms with van der Waals surface area (Å²) in [5, 5.41) is 13.8. The second-order valence-corrected chi connectivity index (χ2v) is 10.8. The maximum atomic E-state index is 13.7. The van der Waals surface area contributed by atoms with Gasteiger partial charge in [0.1, 0.15) is 11.8 Å². The van der Waals surface area contributed by atoms with Crippen molar-refractivity contribution >= 4 is 10.9 Å². The zero-order valence-electron chi connectivity index (χ0n) is 24.0. The number of piperazine rings is 1. The van der Waals surface area contributed by atoms with Crippen molar-refractivity contribution in [1.29, 1.82) is 0 Å². The number of aromatic amines is 1. The SMILES string of the molecule is CCOc1ccc2[nH]c(=O)c([C@@H](c3nnnn3Cc3ccccc3)N3CCN(Cc4ccc5c(c4)OCO5)CC3)cc2c1. The number of hydrogen-bond acceptors (Lipinski definition) is 9. The van der Waals surface area contributed by atoms with Gasteiger partial charge < -0.3 is 19.2 Å². The minimum Gasteiger partial charge on any atom is -0.494 e. The van der Waals surface area contributed by atoms with Crippen LogP contribution in [0, 0.1) is 0 Å². The van der Waals surface area contributed by atoms with Gasteiger partial charge in [0.25, 0.3) is 5.56 Å². The Morgan fingerprint density at radius 2 is 1.74 bits per heavy atom. The van der Waals surface area contributed by atoms with E-state index in [1.165, 1.54) is 5.56 Å². The van der Waals surface area contributed by atoms with Crippen LogP contribution in [0.4, 0.5) is 0 Å². The first kappa shape index (κ1) is 27.1. The Kier molecular flexibility index (Phi) is 7.48. The molecule has 0 radical (unpaired) electrons. The van der Waals surface area contributed by atoms with Crippen molar-refractivity contribution in [3.63, 3.8) is 0 Å². The molecule has 0 aliphatic carbocycles. The quantitative estimate of drug-likeness (QED) is 0.280. The summed E-state index contributed by atoms with van der Waals surface area (Å²) in [6, 6.07) is 23.4. The van der Waals surface area contributed by atoms with Crippen molar-refractivity contribution in [3.05, 3.63) is 106 Å². The Labute approximate surface area is 248 Å². The number of tetrazole rings is 1. The van der Waals surface area contributed by atoms with E-state index in [1.54, 1.807) is 4.68 Å². The fourth-order valence-corrected chi connectivity index (χ4v) is 5.91. The summed E-state index contributed by atoms with van der Waals surface area (Å²) < 4.78 is 18.6. The van der Waals surface area contributed by atoms with E-state index < -0.39 is 6.04 Å². The van der Waals surface area contributed by atoms with Gasteiger partial charge in [-0.3, -0.25) is 14.6 Å². The minimum absolute atomic E-state index is 0.154. The topological polar surface area (TPSA) is 111 Å². The van der Waals surface area contributed by atoms with Crippen molar-refractivity contribution in [2.24, 2.45) is 0 Å². The Morgan fingerprint density at radius 1 is 0.907 bits per heavy atom. The third kappa shape index (κ3) is 5.69. The first-order chi connectivity index (χ1) is 21.1. The van der Waals surface area contributed by atoms with Gasteiger partial charge in [0.15, 0.2) is 17.3 Å². The van der Waals surface area contributed by atoms with E-state index >= 15 is 0 Å². The van der Waals surface area contributed by atoms with E-state index in [4.69, 9.17) is 14.2 Å². The molecule has 2 aromatic heterocycles. The summed E-state index contributed by atoms with van der Waals surface area (Å²) in [5.74, 6) is 2.98. The van der Waals surface area contributed by atoms with E-state index in [-0.39, 0.29) is 12.4 Å². The zero-order valence-corrected chi connectivity index (χ0v) is 24.0. The monoisotopic (exact) mass is 579 g/mol. The van der Waals surface area contributed by atoms with Crippen molar-refractivity contribution in [2.45, 2.75) is 26.1 Å². The molecule has 4 heterocycles. The molecule has 1 N–H and O–H groups in total. The second-order valence-electron chi connectivity index (χ2n) is 10.8. The van der Waals surface area contributed by atoms with Gasteiger partial charge >= 0.3 is 0 Å². The number of hydrogen-bond donors (Lipinski definition) is 1. The molecule has 0 amide bonds. The molecule has 2 aliphatic heterocycles. The first-order valence-corrected chi connectivity index (χ1v) is 14.6. The highest BCUT2D eigenvalue weighted by Gasteiger charge is 2.33. The largest absolute Gasteiger partial charge is 0.494 e. The number of pyridine rings is 1. The molecule has 5 aromatic rings. The molecule has 0 spiro atoms. The normalized spacial score (nSPS) is 16.0. The van der Waals surface area contributed by atoms with Gasteiger partial charge in [-0.2, -0.15) is 0 Å². The first-order valence-electron chi connectivity index (χ1n) is 14.6. The average molecular weight is 580 g/mol. The summed E-state index contributed by atoms with van der Waals surface area (Å²) in [4.78, 5) is 21.5. The van der Waals surface area contributed by atoms with Crippen LogP contribution in [0.2, 0.25) is 0 Å². The summed E-state index contributed by atoms with van der Waals surface area (Å²) >= 11 is 0. The highest BCUT2D eigenvalue weighted by atomic mass is 16.7. The number of benzene rings is 3. The maximum absolute atomic E-state index is 13.7. The van der Waals surface area contributed by atoms with E-state index in [0.717, 1.165) is 66.4 Å². The molecule has 1 saturated heterocycles. The van der Waals surface area contributed by atoms with Crippen LogP contribution in [0.3, 0.4) is 0 Å². The number of nitrogens with one attached hydrogen (secondary N) is 1. The molecule has 11 nitrogen and oxygen atoms in total. The van der Waals surface area contributed by atoms with E-state index in [0.29, 0.717) is 24.5 Å². The molecule has 43 heavy (non-hydrogen) atoms. The molecule has 2 aliphatic rings. The third-order valence-corrected chi connectivity index (χ3v) is 8.04. The third-order valence-electron chi connectivity index (χ3n) is 8.04. The summed E-state index contributed by atoms with van der Waals surface area (Å²) in [7, 11) is 0. The Bertz CT molecular complexity index is 1780. The zero-order chi connectivity index (χ0) is 29.2. The van der Waals surface area contributed by atoms with Crippen molar-refractivity contribution in [1.82, 2.24) is 35.0 Å². The van der Waals surface area contributed by atoms with E-state index in [9.17, 15) is 4.79 Å². The highest BCUT2D eigenvalue weighted by molar-refractivity contribution is 5.80. The van der Waals surface area contributed by atoms with Crippen LogP contribution in [0.15, 0.2) is 77.6 Å². The van der Waals surface area contributed by atoms with Gasteiger partial charge in [0.2, 0.25) is 6.79 Å². The van der Waals surface area contributed by atoms with Crippen molar-refractivity contribution < 1.29 is 14.2 Å². The summed E-state index contributed by atoms with van der Waals surface area (Å²) in [5.41, 5.74) is 3.47. The average Bonchev–Trinajstić information content (AvgIpc) is 3.69. The van der Waals surface area contributed by atoms with Crippen LogP contribution < -0.4 is 19.8 Å². The van der Waals surface area contributed by atoms with Gasteiger partial charge in [0.05, 0.1) is 13.2 Å².